The van der Waals surface area contributed by atoms with E-state index in [1.165, 1.54) is 32.1 Å². The third-order valence-corrected chi connectivity index (χ3v) is 5.82. The van der Waals surface area contributed by atoms with Gasteiger partial charge < -0.3 is 0 Å². The Balaban J connectivity index is 1.28. The van der Waals surface area contributed by atoms with E-state index < -0.39 is 0 Å². The van der Waals surface area contributed by atoms with E-state index in [2.05, 4.69) is 20.0 Å². The highest BCUT2D eigenvalue weighted by molar-refractivity contribution is 5.13. The van der Waals surface area contributed by atoms with Gasteiger partial charge in [0.05, 0.1) is 12.2 Å². The fourth-order valence-corrected chi connectivity index (χ4v) is 3.94. The highest BCUT2D eigenvalue weighted by Crippen LogP contribution is 2.38. The third-order valence-electron chi connectivity index (χ3n) is 5.82. The summed E-state index contributed by atoms with van der Waals surface area (Å²) in [4.78, 5) is 23.8. The van der Waals surface area contributed by atoms with Crippen molar-refractivity contribution in [3.8, 4) is 0 Å². The Kier molecular flexibility index (Phi) is 4.08. The van der Waals surface area contributed by atoms with Crippen molar-refractivity contribution in [2.45, 2.75) is 69.5 Å². The van der Waals surface area contributed by atoms with Crippen LogP contribution in [0.3, 0.4) is 0 Å². The number of hydrogen-bond acceptors (Lipinski definition) is 5. The molecule has 0 N–H and O–H groups in total. The maximum Gasteiger partial charge on any atom is 0.266 e. The van der Waals surface area contributed by atoms with E-state index in [4.69, 9.17) is 0 Å². The van der Waals surface area contributed by atoms with Gasteiger partial charge in [-0.1, -0.05) is 0 Å². The molecule has 0 spiro atoms. The van der Waals surface area contributed by atoms with Crippen LogP contribution in [0.25, 0.3) is 0 Å². The van der Waals surface area contributed by atoms with E-state index in [0.717, 1.165) is 36.6 Å². The Morgan fingerprint density at radius 2 is 1.77 bits per heavy atom. The number of nitrogens with zero attached hydrogens (tertiary/aromatic N) is 5. The van der Waals surface area contributed by atoms with Crippen molar-refractivity contribution < 1.29 is 0 Å². The van der Waals surface area contributed by atoms with Crippen LogP contribution < -0.4 is 5.56 Å². The van der Waals surface area contributed by atoms with E-state index in [9.17, 15) is 4.79 Å². The lowest BCUT2D eigenvalue weighted by Crippen LogP contribution is -2.36. The van der Waals surface area contributed by atoms with Gasteiger partial charge in [0, 0.05) is 48.4 Å². The van der Waals surface area contributed by atoms with Crippen LogP contribution in [0.15, 0.2) is 29.3 Å². The summed E-state index contributed by atoms with van der Waals surface area (Å²) in [5.74, 6) is 2.17. The van der Waals surface area contributed by atoms with Gasteiger partial charge in [0.1, 0.15) is 5.82 Å². The molecule has 5 rings (SSSR count). The molecule has 3 aliphatic rings. The van der Waals surface area contributed by atoms with Gasteiger partial charge in [0.15, 0.2) is 0 Å². The van der Waals surface area contributed by atoms with Gasteiger partial charge in [-0.15, -0.1) is 0 Å². The van der Waals surface area contributed by atoms with Gasteiger partial charge in [0.2, 0.25) is 0 Å². The molecule has 0 radical (unpaired) electrons. The summed E-state index contributed by atoms with van der Waals surface area (Å²) in [6.45, 7) is 2.60. The van der Waals surface area contributed by atoms with Crippen LogP contribution in [0.1, 0.15) is 67.4 Å². The number of aromatic nitrogens is 4. The summed E-state index contributed by atoms with van der Waals surface area (Å²) in [5.41, 5.74) is 2.25. The second kappa shape index (κ2) is 6.58. The summed E-state index contributed by atoms with van der Waals surface area (Å²) >= 11 is 0. The number of rotatable bonds is 6. The zero-order chi connectivity index (χ0) is 17.5. The molecular formula is C20H25N5O. The maximum atomic E-state index is 12.2. The third kappa shape index (κ3) is 3.43. The van der Waals surface area contributed by atoms with Crippen molar-refractivity contribution in [2.75, 3.05) is 6.54 Å². The molecule has 0 bridgehead atoms. The lowest BCUT2D eigenvalue weighted by molar-refractivity contribution is 0.216. The zero-order valence-electron chi connectivity index (χ0n) is 15.0. The van der Waals surface area contributed by atoms with Crippen LogP contribution in [-0.2, 0) is 13.1 Å². The molecule has 6 nitrogen and oxygen atoms in total. The quantitative estimate of drug-likeness (QED) is 0.800. The first-order valence-electron chi connectivity index (χ1n) is 9.89. The highest BCUT2D eigenvalue weighted by Gasteiger charge is 2.29. The van der Waals surface area contributed by atoms with Gasteiger partial charge in [0.25, 0.3) is 5.56 Å². The molecule has 2 aliphatic carbocycles. The van der Waals surface area contributed by atoms with Gasteiger partial charge in [-0.3, -0.25) is 9.69 Å². The van der Waals surface area contributed by atoms with Gasteiger partial charge in [-0.05, 0) is 51.1 Å². The summed E-state index contributed by atoms with van der Waals surface area (Å²) < 4.78 is 1.68. The average Bonchev–Trinajstić information content (AvgIpc) is 3.57. The first-order chi connectivity index (χ1) is 12.8. The van der Waals surface area contributed by atoms with Gasteiger partial charge in [-0.2, -0.15) is 5.10 Å². The SMILES string of the molecule is O=c1ccc(C2CC2)nn1CC1CCCN1Cc1cnc(C2CC2)nc1. The Morgan fingerprint density at radius 1 is 1.00 bits per heavy atom. The van der Waals surface area contributed by atoms with Crippen molar-refractivity contribution in [3.63, 3.8) is 0 Å². The van der Waals surface area contributed by atoms with Crippen LogP contribution in [0.2, 0.25) is 0 Å². The first-order valence-corrected chi connectivity index (χ1v) is 9.89. The van der Waals surface area contributed by atoms with E-state index in [1.54, 1.807) is 10.7 Å². The van der Waals surface area contributed by atoms with Crippen LogP contribution in [0.4, 0.5) is 0 Å². The van der Waals surface area contributed by atoms with Crippen molar-refractivity contribution in [3.05, 3.63) is 52.0 Å². The molecule has 1 unspecified atom stereocenters. The molecule has 2 saturated carbocycles. The second-order valence-corrected chi connectivity index (χ2v) is 8.04. The molecule has 3 fully saturated rings. The molecule has 1 aliphatic heterocycles. The lowest BCUT2D eigenvalue weighted by atomic mass is 10.2. The summed E-state index contributed by atoms with van der Waals surface area (Å²) in [7, 11) is 0. The number of likely N-dealkylation sites (tertiary alicyclic amines) is 1. The number of hydrogen-bond donors (Lipinski definition) is 0. The van der Waals surface area contributed by atoms with Crippen LogP contribution >= 0.6 is 0 Å². The predicted octanol–water partition coefficient (Wildman–Crippen LogP) is 2.45. The molecule has 0 amide bonds. The van der Waals surface area contributed by atoms with Crippen LogP contribution in [0, 0.1) is 0 Å². The largest absolute Gasteiger partial charge is 0.294 e. The predicted molar refractivity (Wildman–Crippen MR) is 97.9 cm³/mol. The Labute approximate surface area is 153 Å². The Bertz CT molecular complexity index is 838. The molecule has 1 atom stereocenters. The Morgan fingerprint density at radius 3 is 2.50 bits per heavy atom. The minimum Gasteiger partial charge on any atom is -0.294 e. The van der Waals surface area contributed by atoms with Crippen molar-refractivity contribution in [2.24, 2.45) is 0 Å². The smallest absolute Gasteiger partial charge is 0.266 e. The zero-order valence-corrected chi connectivity index (χ0v) is 15.0. The van der Waals surface area contributed by atoms with Gasteiger partial charge in [-0.25, -0.2) is 14.6 Å². The van der Waals surface area contributed by atoms with Crippen molar-refractivity contribution in [1.82, 2.24) is 24.6 Å². The average molecular weight is 351 g/mol. The fraction of sp³-hybridized carbons (Fsp3) is 0.600. The minimum atomic E-state index is 0.0124. The molecule has 2 aromatic heterocycles. The minimum absolute atomic E-state index is 0.0124. The lowest BCUT2D eigenvalue weighted by Gasteiger charge is -2.24. The molecule has 2 aromatic rings. The van der Waals surface area contributed by atoms with Gasteiger partial charge >= 0.3 is 0 Å². The van der Waals surface area contributed by atoms with E-state index in [0.29, 0.717) is 24.4 Å². The van der Waals surface area contributed by atoms with Crippen molar-refractivity contribution in [1.29, 1.82) is 0 Å². The molecule has 6 heteroatoms. The topological polar surface area (TPSA) is 63.9 Å². The van der Waals surface area contributed by atoms with Crippen LogP contribution in [0.5, 0.6) is 0 Å². The summed E-state index contributed by atoms with van der Waals surface area (Å²) in [6.07, 6.45) is 11.1. The van der Waals surface area contributed by atoms with E-state index in [1.807, 2.05) is 18.5 Å². The molecule has 3 heterocycles. The summed E-state index contributed by atoms with van der Waals surface area (Å²) in [6, 6.07) is 3.95. The maximum absolute atomic E-state index is 12.2. The molecular weight excluding hydrogens is 326 g/mol. The summed E-state index contributed by atoms with van der Waals surface area (Å²) in [5, 5.41) is 4.63. The highest BCUT2D eigenvalue weighted by atomic mass is 16.1. The monoisotopic (exact) mass is 351 g/mol. The van der Waals surface area contributed by atoms with E-state index >= 15 is 0 Å². The van der Waals surface area contributed by atoms with Crippen molar-refractivity contribution >= 4 is 0 Å². The normalized spacial score (nSPS) is 23.5. The molecule has 1 saturated heterocycles. The second-order valence-electron chi connectivity index (χ2n) is 8.04. The molecule has 26 heavy (non-hydrogen) atoms. The van der Waals surface area contributed by atoms with Crippen LogP contribution in [-0.4, -0.2) is 37.2 Å². The molecule has 0 aromatic carbocycles. The van der Waals surface area contributed by atoms with E-state index in [-0.39, 0.29) is 5.56 Å². The first kappa shape index (κ1) is 16.1. The standard InChI is InChI=1S/C20H25N5O/c26-19-8-7-18(15-3-4-15)23-25(19)13-17-2-1-9-24(17)12-14-10-21-20(22-11-14)16-5-6-16/h7-8,10-11,15-17H,1-6,9,12-13H2. The Hall–Kier alpha value is -2.08. The fourth-order valence-electron chi connectivity index (χ4n) is 3.94. The molecule has 136 valence electrons.